The van der Waals surface area contributed by atoms with Crippen molar-refractivity contribution in [3.05, 3.63) is 60.4 Å². The van der Waals surface area contributed by atoms with Crippen LogP contribution in [0.4, 0.5) is 21.6 Å². The van der Waals surface area contributed by atoms with E-state index in [1.165, 1.54) is 31.7 Å². The molecule has 3 aromatic heterocycles. The number of aromatic nitrogens is 4. The second-order valence-corrected chi connectivity index (χ2v) is 15.8. The third-order valence-electron chi connectivity index (χ3n) is 11.9. The molecule has 270 valence electrons. The molecule has 1 aliphatic carbocycles. The summed E-state index contributed by atoms with van der Waals surface area (Å²) < 4.78 is 16.9. The van der Waals surface area contributed by atoms with Gasteiger partial charge < -0.3 is 24.6 Å². The number of amides is 2. The van der Waals surface area contributed by atoms with Crippen LogP contribution in [0.2, 0.25) is 0 Å². The molecule has 0 radical (unpaired) electrons. The number of pyridine rings is 2. The molecule has 6 heterocycles. The SMILES string of the molecule is CC(C)n1cnc2cc(-c3ccc4c(c3)N(C3CC(N5CCCCC5)C3)C(=O)C43CCN(C(=O)C(C)(C)C#N)CC3)nc(Nc3ccncc3F)c21. The first kappa shape index (κ1) is 34.2. The van der Waals surface area contributed by atoms with Crippen molar-refractivity contribution in [2.24, 2.45) is 5.41 Å². The molecule has 52 heavy (non-hydrogen) atoms. The maximum absolute atomic E-state index is 14.8. The number of nitrogens with one attached hydrogen (secondary N) is 1. The fourth-order valence-corrected chi connectivity index (χ4v) is 8.77. The monoisotopic (exact) mass is 703 g/mol. The highest BCUT2D eigenvalue weighted by atomic mass is 19.1. The Morgan fingerprint density at radius 1 is 1.06 bits per heavy atom. The maximum atomic E-state index is 14.8. The molecule has 2 amide bonds. The molecular formula is C40H46FN9O2. The summed E-state index contributed by atoms with van der Waals surface area (Å²) >= 11 is 0. The second kappa shape index (κ2) is 13.0. The lowest BCUT2D eigenvalue weighted by atomic mass is 9.73. The third-order valence-corrected chi connectivity index (χ3v) is 11.9. The number of rotatable bonds is 7. The van der Waals surface area contributed by atoms with E-state index in [0.29, 0.717) is 43.5 Å². The molecule has 1 spiro atoms. The number of hydrogen-bond donors (Lipinski definition) is 1. The minimum Gasteiger partial charge on any atom is -0.341 e. The van der Waals surface area contributed by atoms with Crippen LogP contribution in [-0.4, -0.2) is 79.4 Å². The average molecular weight is 704 g/mol. The van der Waals surface area contributed by atoms with E-state index >= 15 is 0 Å². The van der Waals surface area contributed by atoms with Crippen LogP contribution in [-0.2, 0) is 15.0 Å². The van der Waals surface area contributed by atoms with E-state index in [1.807, 2.05) is 16.7 Å². The smallest absolute Gasteiger partial charge is 0.242 e. The van der Waals surface area contributed by atoms with Crippen LogP contribution in [0, 0.1) is 22.6 Å². The Morgan fingerprint density at radius 2 is 1.81 bits per heavy atom. The molecular weight excluding hydrogens is 657 g/mol. The lowest BCUT2D eigenvalue weighted by Crippen LogP contribution is -2.58. The number of halogens is 1. The van der Waals surface area contributed by atoms with Gasteiger partial charge in [0.2, 0.25) is 11.8 Å². The van der Waals surface area contributed by atoms with Crippen molar-refractivity contribution in [2.75, 3.05) is 36.4 Å². The van der Waals surface area contributed by atoms with Gasteiger partial charge in [0, 0.05) is 48.7 Å². The minimum absolute atomic E-state index is 0.0917. The lowest BCUT2D eigenvalue weighted by molar-refractivity contribution is -0.141. The summed E-state index contributed by atoms with van der Waals surface area (Å²) in [7, 11) is 0. The quantitative estimate of drug-likeness (QED) is 0.225. The maximum Gasteiger partial charge on any atom is 0.242 e. The summed E-state index contributed by atoms with van der Waals surface area (Å²) in [6, 6.07) is 12.6. The first-order chi connectivity index (χ1) is 25.0. The summed E-state index contributed by atoms with van der Waals surface area (Å²) in [5, 5.41) is 12.8. The summed E-state index contributed by atoms with van der Waals surface area (Å²) in [5.41, 5.74) is 3.30. The topological polar surface area (TPSA) is 123 Å². The molecule has 3 aliphatic heterocycles. The van der Waals surface area contributed by atoms with Crippen molar-refractivity contribution in [1.82, 2.24) is 29.3 Å². The number of likely N-dealkylation sites (tertiary alicyclic amines) is 2. The van der Waals surface area contributed by atoms with Crippen LogP contribution in [0.5, 0.6) is 0 Å². The van der Waals surface area contributed by atoms with Gasteiger partial charge in [-0.2, -0.15) is 5.26 Å². The number of nitriles is 1. The van der Waals surface area contributed by atoms with Crippen molar-refractivity contribution in [3.8, 4) is 17.3 Å². The molecule has 8 rings (SSSR count). The number of carbonyl (C=O) groups excluding carboxylic acids is 2. The fraction of sp³-hybridized carbons (Fsp3) is 0.500. The highest BCUT2D eigenvalue weighted by Gasteiger charge is 2.56. The van der Waals surface area contributed by atoms with Gasteiger partial charge in [-0.1, -0.05) is 18.6 Å². The van der Waals surface area contributed by atoms with Crippen LogP contribution < -0.4 is 10.2 Å². The van der Waals surface area contributed by atoms with Crippen molar-refractivity contribution >= 4 is 40.0 Å². The van der Waals surface area contributed by atoms with Gasteiger partial charge in [0.25, 0.3) is 0 Å². The second-order valence-electron chi connectivity index (χ2n) is 15.8. The number of carbonyl (C=O) groups is 2. The standard InChI is InChI=1S/C40H46FN9O2/c1-25(2)49-24-44-33-21-32(46-36(35(33)49)45-31-10-13-43-22-30(31)41)26-8-9-29-34(18-26)50(28-19-27(20-28)47-14-6-5-7-15-47)38(52)40(29)11-16-48(17-12-40)37(51)39(3,4)23-42/h8-10,13,18,21-22,24-25,27-28H,5-7,11-12,14-17,19-20H2,1-4H3,(H,43,45,46). The van der Waals surface area contributed by atoms with Crippen LogP contribution in [0.3, 0.4) is 0 Å². The molecule has 4 aromatic rings. The molecule has 0 bridgehead atoms. The van der Waals surface area contributed by atoms with E-state index in [2.05, 4.69) is 52.2 Å². The molecule has 11 nitrogen and oxygen atoms in total. The Bertz CT molecular complexity index is 2080. The van der Waals surface area contributed by atoms with Crippen molar-refractivity contribution in [3.63, 3.8) is 0 Å². The van der Waals surface area contributed by atoms with E-state index in [1.54, 1.807) is 31.1 Å². The van der Waals surface area contributed by atoms with Gasteiger partial charge in [-0.25, -0.2) is 14.4 Å². The average Bonchev–Trinajstić information content (AvgIpc) is 3.67. The predicted octanol–water partition coefficient (Wildman–Crippen LogP) is 6.73. The van der Waals surface area contributed by atoms with E-state index in [0.717, 1.165) is 53.8 Å². The highest BCUT2D eigenvalue weighted by Crippen LogP contribution is 2.52. The number of anilines is 3. The van der Waals surface area contributed by atoms with E-state index < -0.39 is 16.6 Å². The first-order valence-electron chi connectivity index (χ1n) is 18.7. The number of piperidine rings is 2. The van der Waals surface area contributed by atoms with E-state index in [-0.39, 0.29) is 29.6 Å². The van der Waals surface area contributed by atoms with Gasteiger partial charge in [0.15, 0.2) is 11.6 Å². The third kappa shape index (κ3) is 5.61. The number of imidazole rings is 1. The normalized spacial score (nSPS) is 21.8. The molecule has 1 saturated carbocycles. The highest BCUT2D eigenvalue weighted by molar-refractivity contribution is 6.09. The molecule has 12 heteroatoms. The number of fused-ring (bicyclic) bond motifs is 3. The van der Waals surface area contributed by atoms with Gasteiger partial charge >= 0.3 is 0 Å². The minimum atomic E-state index is -1.12. The Kier molecular flexibility index (Phi) is 8.52. The molecule has 1 N–H and O–H groups in total. The summed E-state index contributed by atoms with van der Waals surface area (Å²) in [6.07, 6.45) is 11.1. The zero-order chi connectivity index (χ0) is 36.4. The Morgan fingerprint density at radius 3 is 2.50 bits per heavy atom. The number of benzene rings is 1. The lowest BCUT2D eigenvalue weighted by Gasteiger charge is -2.48. The molecule has 0 atom stereocenters. The van der Waals surface area contributed by atoms with Gasteiger partial charge in [-0.3, -0.25) is 14.6 Å². The van der Waals surface area contributed by atoms with E-state index in [9.17, 15) is 19.2 Å². The van der Waals surface area contributed by atoms with Gasteiger partial charge in [-0.15, -0.1) is 0 Å². The molecule has 4 aliphatic rings. The van der Waals surface area contributed by atoms with Crippen LogP contribution >= 0.6 is 0 Å². The van der Waals surface area contributed by atoms with Crippen LogP contribution in [0.15, 0.2) is 49.1 Å². The number of hydrogen-bond acceptors (Lipinski definition) is 8. The molecule has 1 aromatic carbocycles. The zero-order valence-corrected chi connectivity index (χ0v) is 30.4. The largest absolute Gasteiger partial charge is 0.341 e. The van der Waals surface area contributed by atoms with Crippen molar-refractivity contribution in [1.29, 1.82) is 5.26 Å². The summed E-state index contributed by atoms with van der Waals surface area (Å²) in [6.45, 7) is 10.5. The van der Waals surface area contributed by atoms with Gasteiger partial charge in [-0.05, 0) is 103 Å². The Hall–Kier alpha value is -4.89. The van der Waals surface area contributed by atoms with Crippen LogP contribution in [0.1, 0.15) is 84.2 Å². The van der Waals surface area contributed by atoms with Crippen molar-refractivity contribution < 1.29 is 14.0 Å². The van der Waals surface area contributed by atoms with Crippen molar-refractivity contribution in [2.45, 2.75) is 96.2 Å². The van der Waals surface area contributed by atoms with Crippen LogP contribution in [0.25, 0.3) is 22.3 Å². The zero-order valence-electron chi connectivity index (χ0n) is 30.4. The number of nitrogens with zero attached hydrogens (tertiary/aromatic N) is 8. The molecule has 2 saturated heterocycles. The van der Waals surface area contributed by atoms with E-state index in [4.69, 9.17) is 9.97 Å². The Labute approximate surface area is 303 Å². The first-order valence-corrected chi connectivity index (χ1v) is 18.7. The summed E-state index contributed by atoms with van der Waals surface area (Å²) in [5.74, 6) is -0.0799. The predicted molar refractivity (Wildman–Crippen MR) is 197 cm³/mol. The van der Waals surface area contributed by atoms with Gasteiger partial charge in [0.1, 0.15) is 10.9 Å². The Balaban J connectivity index is 1.18. The molecule has 0 unspecified atom stereocenters. The van der Waals surface area contributed by atoms with Gasteiger partial charge in [0.05, 0.1) is 40.9 Å². The molecule has 3 fully saturated rings. The summed E-state index contributed by atoms with van der Waals surface area (Å²) in [4.78, 5) is 48.2. The fourth-order valence-electron chi connectivity index (χ4n) is 8.77.